The molecule has 1 aliphatic heterocycles. The summed E-state index contributed by atoms with van der Waals surface area (Å²) in [6.45, 7) is 2.95. The lowest BCUT2D eigenvalue weighted by Crippen LogP contribution is -2.45. The maximum atomic E-state index is 12.9. The molecule has 3 aliphatic rings. The van der Waals surface area contributed by atoms with Crippen LogP contribution in [0.25, 0.3) is 0 Å². The number of hydrogen-bond donors (Lipinski definition) is 2. The fraction of sp³-hybridized carbons (Fsp3) is 0.913. The van der Waals surface area contributed by atoms with Gasteiger partial charge in [0.2, 0.25) is 11.8 Å². The molecule has 0 aromatic carbocycles. The average molecular weight is 428 g/mol. The first-order valence-corrected chi connectivity index (χ1v) is 11.9. The summed E-state index contributed by atoms with van der Waals surface area (Å²) in [7, 11) is 2.01. The van der Waals surface area contributed by atoms with Gasteiger partial charge in [0, 0.05) is 31.5 Å². The van der Waals surface area contributed by atoms with Crippen LogP contribution in [-0.2, 0) is 9.59 Å². The van der Waals surface area contributed by atoms with E-state index in [0.29, 0.717) is 18.2 Å². The Labute approximate surface area is 183 Å². The predicted octanol–water partition coefficient (Wildman–Crippen LogP) is 3.90. The van der Waals surface area contributed by atoms with Crippen LogP contribution in [0.3, 0.4) is 0 Å². The van der Waals surface area contributed by atoms with Crippen molar-refractivity contribution in [1.29, 1.82) is 0 Å². The molecule has 2 amide bonds. The van der Waals surface area contributed by atoms with Gasteiger partial charge in [-0.25, -0.2) is 0 Å². The smallest absolute Gasteiger partial charge is 0.225 e. The summed E-state index contributed by atoms with van der Waals surface area (Å²) in [5.41, 5.74) is 0. The fourth-order valence-electron chi connectivity index (χ4n) is 5.47. The molecule has 5 nitrogen and oxygen atoms in total. The van der Waals surface area contributed by atoms with Crippen LogP contribution >= 0.6 is 12.4 Å². The van der Waals surface area contributed by atoms with Gasteiger partial charge in [-0.15, -0.1) is 12.4 Å². The minimum Gasteiger partial charge on any atom is -0.353 e. The van der Waals surface area contributed by atoms with Gasteiger partial charge in [0.05, 0.1) is 0 Å². The molecule has 2 aliphatic carbocycles. The molecule has 6 heteroatoms. The summed E-state index contributed by atoms with van der Waals surface area (Å²) in [6.07, 6.45) is 14.4. The minimum absolute atomic E-state index is 0. The van der Waals surface area contributed by atoms with Crippen molar-refractivity contribution in [2.75, 3.05) is 26.7 Å². The SMILES string of the molecule is CNCCC1CCN(C(=O)C2CCC(NC(=O)CC3CCCCC3)CC2)CC1.Cl. The highest BCUT2D eigenvalue weighted by molar-refractivity contribution is 5.85. The van der Waals surface area contributed by atoms with E-state index in [2.05, 4.69) is 15.5 Å². The Kier molecular flexibility index (Phi) is 10.8. The molecule has 0 aromatic heterocycles. The molecular weight excluding hydrogens is 386 g/mol. The average Bonchev–Trinajstić information content (AvgIpc) is 2.73. The molecule has 0 atom stereocenters. The van der Waals surface area contributed by atoms with E-state index in [1.54, 1.807) is 0 Å². The Hall–Kier alpha value is -0.810. The zero-order valence-electron chi connectivity index (χ0n) is 18.3. The quantitative estimate of drug-likeness (QED) is 0.647. The largest absolute Gasteiger partial charge is 0.353 e. The summed E-state index contributed by atoms with van der Waals surface area (Å²) in [4.78, 5) is 27.4. The number of carbonyl (C=O) groups excluding carboxylic acids is 2. The topological polar surface area (TPSA) is 61.4 Å². The molecule has 1 saturated heterocycles. The highest BCUT2D eigenvalue weighted by atomic mass is 35.5. The molecule has 2 saturated carbocycles. The van der Waals surface area contributed by atoms with Crippen molar-refractivity contribution in [2.45, 2.75) is 89.5 Å². The van der Waals surface area contributed by atoms with E-state index in [1.807, 2.05) is 7.05 Å². The summed E-state index contributed by atoms with van der Waals surface area (Å²) in [5, 5.41) is 6.49. The molecule has 3 fully saturated rings. The Morgan fingerprint density at radius 3 is 2.14 bits per heavy atom. The second-order valence-electron chi connectivity index (χ2n) is 9.49. The normalized spacial score (nSPS) is 26.6. The van der Waals surface area contributed by atoms with Crippen molar-refractivity contribution in [3.63, 3.8) is 0 Å². The lowest BCUT2D eigenvalue weighted by Gasteiger charge is -2.36. The number of hydrogen-bond acceptors (Lipinski definition) is 3. The molecule has 168 valence electrons. The Balaban J connectivity index is 0.00000300. The monoisotopic (exact) mass is 427 g/mol. The van der Waals surface area contributed by atoms with Crippen LogP contribution in [-0.4, -0.2) is 49.4 Å². The molecular formula is C23H42ClN3O2. The van der Waals surface area contributed by atoms with E-state index in [-0.39, 0.29) is 30.3 Å². The maximum absolute atomic E-state index is 12.9. The molecule has 0 bridgehead atoms. The van der Waals surface area contributed by atoms with Crippen LogP contribution in [0.4, 0.5) is 0 Å². The van der Waals surface area contributed by atoms with Crippen LogP contribution < -0.4 is 10.6 Å². The zero-order valence-corrected chi connectivity index (χ0v) is 19.1. The van der Waals surface area contributed by atoms with Crippen LogP contribution in [0, 0.1) is 17.8 Å². The zero-order chi connectivity index (χ0) is 19.8. The van der Waals surface area contributed by atoms with Gasteiger partial charge in [-0.05, 0) is 83.2 Å². The summed E-state index contributed by atoms with van der Waals surface area (Å²) in [5.74, 6) is 2.17. The van der Waals surface area contributed by atoms with Crippen LogP contribution in [0.5, 0.6) is 0 Å². The summed E-state index contributed by atoms with van der Waals surface area (Å²) >= 11 is 0. The lowest BCUT2D eigenvalue weighted by atomic mass is 9.83. The van der Waals surface area contributed by atoms with Crippen molar-refractivity contribution in [3.8, 4) is 0 Å². The fourth-order valence-corrected chi connectivity index (χ4v) is 5.47. The van der Waals surface area contributed by atoms with Crippen molar-refractivity contribution >= 4 is 24.2 Å². The highest BCUT2D eigenvalue weighted by Gasteiger charge is 2.32. The van der Waals surface area contributed by atoms with Crippen LogP contribution in [0.2, 0.25) is 0 Å². The minimum atomic E-state index is 0. The molecule has 1 heterocycles. The Bertz CT molecular complexity index is 494. The number of likely N-dealkylation sites (tertiary alicyclic amines) is 1. The van der Waals surface area contributed by atoms with Gasteiger partial charge in [-0.3, -0.25) is 9.59 Å². The van der Waals surface area contributed by atoms with Gasteiger partial charge in [-0.2, -0.15) is 0 Å². The van der Waals surface area contributed by atoms with Crippen molar-refractivity contribution in [2.24, 2.45) is 17.8 Å². The number of piperidine rings is 1. The van der Waals surface area contributed by atoms with E-state index in [9.17, 15) is 9.59 Å². The van der Waals surface area contributed by atoms with Crippen LogP contribution in [0.15, 0.2) is 0 Å². The Morgan fingerprint density at radius 2 is 1.52 bits per heavy atom. The standard InChI is InChI=1S/C23H41N3O2.ClH/c1-24-14-11-18-12-15-26(16-13-18)23(28)20-7-9-21(10-8-20)25-22(27)17-19-5-3-2-4-6-19;/h18-21,24H,2-17H2,1H3,(H,25,27);1H. The molecule has 3 rings (SSSR count). The number of halogens is 1. The lowest BCUT2D eigenvalue weighted by molar-refractivity contribution is -0.138. The number of rotatable bonds is 7. The van der Waals surface area contributed by atoms with Crippen molar-refractivity contribution < 1.29 is 9.59 Å². The van der Waals surface area contributed by atoms with Gasteiger partial charge in [0.1, 0.15) is 0 Å². The molecule has 29 heavy (non-hydrogen) atoms. The number of nitrogens with zero attached hydrogens (tertiary/aromatic N) is 1. The third-order valence-electron chi connectivity index (χ3n) is 7.37. The van der Waals surface area contributed by atoms with Gasteiger partial charge < -0.3 is 15.5 Å². The van der Waals surface area contributed by atoms with E-state index in [1.165, 1.54) is 38.5 Å². The molecule has 2 N–H and O–H groups in total. The van der Waals surface area contributed by atoms with Gasteiger partial charge in [-0.1, -0.05) is 19.3 Å². The van der Waals surface area contributed by atoms with Crippen LogP contribution in [0.1, 0.15) is 83.5 Å². The highest BCUT2D eigenvalue weighted by Crippen LogP contribution is 2.30. The molecule has 0 radical (unpaired) electrons. The number of amides is 2. The Morgan fingerprint density at radius 1 is 0.862 bits per heavy atom. The van der Waals surface area contributed by atoms with Gasteiger partial charge >= 0.3 is 0 Å². The first-order chi connectivity index (χ1) is 13.7. The van der Waals surface area contributed by atoms with Crippen molar-refractivity contribution in [1.82, 2.24) is 15.5 Å². The first kappa shape index (κ1) is 24.5. The summed E-state index contributed by atoms with van der Waals surface area (Å²) < 4.78 is 0. The van der Waals surface area contributed by atoms with E-state index < -0.39 is 0 Å². The van der Waals surface area contributed by atoms with Crippen molar-refractivity contribution in [3.05, 3.63) is 0 Å². The second kappa shape index (κ2) is 12.8. The molecule has 0 spiro atoms. The third kappa shape index (κ3) is 7.75. The maximum Gasteiger partial charge on any atom is 0.225 e. The van der Waals surface area contributed by atoms with Gasteiger partial charge in [0.25, 0.3) is 0 Å². The second-order valence-corrected chi connectivity index (χ2v) is 9.49. The number of carbonyl (C=O) groups is 2. The third-order valence-corrected chi connectivity index (χ3v) is 7.37. The van der Waals surface area contributed by atoms with Gasteiger partial charge in [0.15, 0.2) is 0 Å². The molecule has 0 aromatic rings. The first-order valence-electron chi connectivity index (χ1n) is 11.9. The number of nitrogens with one attached hydrogen (secondary N) is 2. The predicted molar refractivity (Wildman–Crippen MR) is 120 cm³/mol. The van der Waals surface area contributed by atoms with E-state index in [4.69, 9.17) is 0 Å². The van der Waals surface area contributed by atoms with E-state index >= 15 is 0 Å². The summed E-state index contributed by atoms with van der Waals surface area (Å²) in [6, 6.07) is 0.285. The molecule has 0 unspecified atom stereocenters. The van der Waals surface area contributed by atoms with E-state index in [0.717, 1.165) is 64.1 Å².